The van der Waals surface area contributed by atoms with Crippen LogP contribution in [0.15, 0.2) is 0 Å². The molecule has 2 N–H and O–H groups in total. The number of aliphatic hydroxyl groups is 1. The molecular formula is C19H27NO4. The standard InChI is InChI=1S/C19H27NO4/c1-4-12(24-19(7-8-19)11-5-6-11)9-14(21)20-10-13-15(18(13,2)3)16(20)17(22)23/h1,11-16,21H,5-10H2,2-3H3,(H,22,23)/t12-,13+,14?,15+,16+/m1/s1. The van der Waals surface area contributed by atoms with Gasteiger partial charge in [0.2, 0.25) is 0 Å². The summed E-state index contributed by atoms with van der Waals surface area (Å²) in [6.07, 6.45) is 9.17. The van der Waals surface area contributed by atoms with Crippen LogP contribution in [0, 0.1) is 35.5 Å². The fourth-order valence-corrected chi connectivity index (χ4v) is 5.03. The molecule has 132 valence electrons. The third-order valence-corrected chi connectivity index (χ3v) is 6.93. The monoisotopic (exact) mass is 333 g/mol. The first kappa shape index (κ1) is 16.4. The average molecular weight is 333 g/mol. The minimum atomic E-state index is -0.856. The Labute approximate surface area is 143 Å². The molecule has 4 rings (SSSR count). The van der Waals surface area contributed by atoms with Crippen LogP contribution in [-0.2, 0) is 9.53 Å². The second-order valence-electron chi connectivity index (χ2n) is 8.76. The van der Waals surface area contributed by atoms with Crippen LogP contribution in [0.3, 0.4) is 0 Å². The lowest BCUT2D eigenvalue weighted by atomic mass is 10.0. The number of hydrogen-bond donors (Lipinski definition) is 2. The van der Waals surface area contributed by atoms with E-state index in [2.05, 4.69) is 19.8 Å². The Morgan fingerprint density at radius 2 is 2.08 bits per heavy atom. The van der Waals surface area contributed by atoms with Crippen LogP contribution in [0.4, 0.5) is 0 Å². The summed E-state index contributed by atoms with van der Waals surface area (Å²) >= 11 is 0. The highest BCUT2D eigenvalue weighted by atomic mass is 16.5. The summed E-state index contributed by atoms with van der Waals surface area (Å²) in [5.74, 6) is 2.92. The number of fused-ring (bicyclic) bond motifs is 1. The van der Waals surface area contributed by atoms with Crippen molar-refractivity contribution in [2.24, 2.45) is 23.2 Å². The molecule has 1 aliphatic heterocycles. The number of likely N-dealkylation sites (tertiary alicyclic amines) is 1. The lowest BCUT2D eigenvalue weighted by Crippen LogP contribution is -2.49. The van der Waals surface area contributed by atoms with Gasteiger partial charge in [0.05, 0.1) is 5.60 Å². The zero-order chi connectivity index (χ0) is 17.3. The highest BCUT2D eigenvalue weighted by molar-refractivity contribution is 5.75. The fourth-order valence-electron chi connectivity index (χ4n) is 5.03. The van der Waals surface area contributed by atoms with Gasteiger partial charge in [-0.2, -0.15) is 0 Å². The number of carboxylic acid groups (broad SMARTS) is 1. The quantitative estimate of drug-likeness (QED) is 0.694. The highest BCUT2D eigenvalue weighted by Gasteiger charge is 2.69. The van der Waals surface area contributed by atoms with E-state index >= 15 is 0 Å². The summed E-state index contributed by atoms with van der Waals surface area (Å²) in [7, 11) is 0. The minimum absolute atomic E-state index is 0.0436. The molecule has 3 aliphatic carbocycles. The van der Waals surface area contributed by atoms with Gasteiger partial charge in [0.1, 0.15) is 18.4 Å². The lowest BCUT2D eigenvalue weighted by molar-refractivity contribution is -0.150. The number of aliphatic hydroxyl groups excluding tert-OH is 1. The predicted molar refractivity (Wildman–Crippen MR) is 87.9 cm³/mol. The largest absolute Gasteiger partial charge is 0.480 e. The SMILES string of the molecule is C#C[C@H](CC(O)N1C[C@H]2[C@@H]([C@H]1C(=O)O)C2(C)C)OC1(C2CC2)CC1. The van der Waals surface area contributed by atoms with E-state index in [1.54, 1.807) is 4.90 Å². The van der Waals surface area contributed by atoms with Gasteiger partial charge in [-0.3, -0.25) is 9.69 Å². The molecule has 1 unspecified atom stereocenters. The van der Waals surface area contributed by atoms with Crippen molar-refractivity contribution >= 4 is 5.97 Å². The summed E-state index contributed by atoms with van der Waals surface area (Å²) < 4.78 is 6.16. The normalized spacial score (nSPS) is 38.0. The fraction of sp³-hybridized carbons (Fsp3) is 0.842. The van der Waals surface area contributed by atoms with Crippen LogP contribution < -0.4 is 0 Å². The van der Waals surface area contributed by atoms with E-state index in [1.165, 1.54) is 12.8 Å². The molecule has 0 amide bonds. The third kappa shape index (κ3) is 2.47. The summed E-state index contributed by atoms with van der Waals surface area (Å²) in [4.78, 5) is 13.4. The molecule has 5 nitrogen and oxygen atoms in total. The van der Waals surface area contributed by atoms with Crippen molar-refractivity contribution in [2.45, 2.75) is 69.9 Å². The first-order valence-electron chi connectivity index (χ1n) is 9.11. The number of carboxylic acids is 1. The summed E-state index contributed by atoms with van der Waals surface area (Å²) in [6, 6.07) is -0.614. The molecule has 0 radical (unpaired) electrons. The van der Waals surface area contributed by atoms with Crippen LogP contribution in [0.25, 0.3) is 0 Å². The van der Waals surface area contributed by atoms with Gasteiger partial charge in [-0.05, 0) is 48.9 Å². The van der Waals surface area contributed by atoms with Gasteiger partial charge >= 0.3 is 5.97 Å². The van der Waals surface area contributed by atoms with E-state index < -0.39 is 24.3 Å². The number of nitrogens with zero attached hydrogens (tertiary/aromatic N) is 1. The Morgan fingerprint density at radius 3 is 2.58 bits per heavy atom. The molecule has 1 heterocycles. The molecule has 5 heteroatoms. The van der Waals surface area contributed by atoms with Crippen molar-refractivity contribution < 1.29 is 19.7 Å². The number of aliphatic carboxylic acids is 1. The molecule has 1 saturated heterocycles. The number of rotatable bonds is 7. The van der Waals surface area contributed by atoms with Gasteiger partial charge < -0.3 is 14.9 Å². The zero-order valence-electron chi connectivity index (χ0n) is 14.4. The van der Waals surface area contributed by atoms with Crippen molar-refractivity contribution in [2.75, 3.05) is 6.54 Å². The minimum Gasteiger partial charge on any atom is -0.480 e. The van der Waals surface area contributed by atoms with Gasteiger partial charge in [0.25, 0.3) is 0 Å². The van der Waals surface area contributed by atoms with Crippen molar-refractivity contribution in [1.29, 1.82) is 0 Å². The van der Waals surface area contributed by atoms with Gasteiger partial charge in [0, 0.05) is 13.0 Å². The Kier molecular flexibility index (Phi) is 3.55. The van der Waals surface area contributed by atoms with E-state index in [0.717, 1.165) is 12.8 Å². The predicted octanol–water partition coefficient (Wildman–Crippen LogP) is 1.70. The van der Waals surface area contributed by atoms with Gasteiger partial charge in [-0.15, -0.1) is 6.42 Å². The molecule has 0 aromatic rings. The second kappa shape index (κ2) is 5.20. The second-order valence-corrected chi connectivity index (χ2v) is 8.76. The molecular weight excluding hydrogens is 306 g/mol. The molecule has 0 aromatic heterocycles. The topological polar surface area (TPSA) is 70.0 Å². The van der Waals surface area contributed by atoms with Crippen LogP contribution in [0.1, 0.15) is 46.0 Å². The van der Waals surface area contributed by atoms with E-state index in [9.17, 15) is 15.0 Å². The molecule has 0 aromatic carbocycles. The summed E-state index contributed by atoms with van der Waals surface area (Å²) in [5.41, 5.74) is 0.0173. The molecule has 5 atom stereocenters. The number of piperidine rings is 1. The smallest absolute Gasteiger partial charge is 0.321 e. The molecule has 0 spiro atoms. The molecule has 4 aliphatic rings. The van der Waals surface area contributed by atoms with Crippen LogP contribution >= 0.6 is 0 Å². The Hall–Kier alpha value is -1.09. The van der Waals surface area contributed by atoms with Crippen molar-refractivity contribution in [1.82, 2.24) is 4.90 Å². The molecule has 3 saturated carbocycles. The van der Waals surface area contributed by atoms with Gasteiger partial charge in [-0.1, -0.05) is 19.8 Å². The maximum absolute atomic E-state index is 11.7. The number of carbonyl (C=O) groups is 1. The van der Waals surface area contributed by atoms with E-state index in [0.29, 0.717) is 18.4 Å². The maximum Gasteiger partial charge on any atom is 0.321 e. The molecule has 4 fully saturated rings. The Balaban J connectivity index is 1.39. The van der Waals surface area contributed by atoms with E-state index in [1.807, 2.05) is 0 Å². The Morgan fingerprint density at radius 1 is 1.42 bits per heavy atom. The molecule has 24 heavy (non-hydrogen) atoms. The third-order valence-electron chi connectivity index (χ3n) is 6.93. The first-order valence-corrected chi connectivity index (χ1v) is 9.11. The summed E-state index contributed by atoms with van der Waals surface area (Å²) in [5, 5.41) is 20.2. The number of hydrogen-bond acceptors (Lipinski definition) is 4. The van der Waals surface area contributed by atoms with Crippen LogP contribution in [0.2, 0.25) is 0 Å². The van der Waals surface area contributed by atoms with Crippen molar-refractivity contribution in [3.63, 3.8) is 0 Å². The maximum atomic E-state index is 11.7. The van der Waals surface area contributed by atoms with Gasteiger partial charge in [0.15, 0.2) is 0 Å². The molecule has 0 bridgehead atoms. The lowest BCUT2D eigenvalue weighted by Gasteiger charge is -2.33. The van der Waals surface area contributed by atoms with Crippen molar-refractivity contribution in [3.8, 4) is 12.3 Å². The van der Waals surface area contributed by atoms with Crippen molar-refractivity contribution in [3.05, 3.63) is 0 Å². The first-order chi connectivity index (χ1) is 11.3. The average Bonchev–Trinajstić information content (AvgIpc) is 3.43. The van der Waals surface area contributed by atoms with E-state index in [-0.39, 0.29) is 23.4 Å². The highest BCUT2D eigenvalue weighted by Crippen LogP contribution is 2.65. The Bertz CT molecular complexity index is 587. The van der Waals surface area contributed by atoms with Crippen LogP contribution in [0.5, 0.6) is 0 Å². The number of ether oxygens (including phenoxy) is 1. The summed E-state index contributed by atoms with van der Waals surface area (Å²) in [6.45, 7) is 4.85. The number of terminal acetylenes is 1. The zero-order valence-corrected chi connectivity index (χ0v) is 14.4. The van der Waals surface area contributed by atoms with Gasteiger partial charge in [-0.25, -0.2) is 0 Å². The van der Waals surface area contributed by atoms with Crippen LogP contribution in [-0.4, -0.2) is 51.6 Å². The van der Waals surface area contributed by atoms with E-state index in [4.69, 9.17) is 11.2 Å².